The van der Waals surface area contributed by atoms with Crippen LogP contribution in [0, 0.1) is 12.8 Å². The van der Waals surface area contributed by atoms with Crippen LogP contribution < -0.4 is 10.7 Å². The summed E-state index contributed by atoms with van der Waals surface area (Å²) in [6.45, 7) is 1.28. The number of ether oxygens (including phenoxy) is 1. The summed E-state index contributed by atoms with van der Waals surface area (Å²) in [5.41, 5.74) is 4.05. The Kier molecular flexibility index (Phi) is 7.14. The van der Waals surface area contributed by atoms with E-state index in [1.807, 2.05) is 19.1 Å². The van der Waals surface area contributed by atoms with Crippen LogP contribution in [0.2, 0.25) is 10.0 Å². The van der Waals surface area contributed by atoms with E-state index >= 15 is 0 Å². The Balaban J connectivity index is 1.51. The van der Waals surface area contributed by atoms with Gasteiger partial charge in [-0.05, 0) is 36.8 Å². The molecule has 3 rings (SSSR count). The van der Waals surface area contributed by atoms with Gasteiger partial charge in [0.2, 0.25) is 5.91 Å². The second-order valence-electron chi connectivity index (χ2n) is 6.94. The fourth-order valence-corrected chi connectivity index (χ4v) is 3.48. The fourth-order valence-electron chi connectivity index (χ4n) is 2.98. The SMILES string of the molecule is Cc1ccccc1NC(=O)COC(=O)[C@@H]1CC(=O)N(NC(=O)c2ccc(Cl)cc2Cl)C1. The van der Waals surface area contributed by atoms with Crippen LogP contribution in [-0.4, -0.2) is 41.9 Å². The molecule has 2 N–H and O–H groups in total. The second kappa shape index (κ2) is 9.80. The maximum atomic E-state index is 12.4. The van der Waals surface area contributed by atoms with Gasteiger partial charge in [-0.3, -0.25) is 29.6 Å². The Morgan fingerprint density at radius 1 is 1.16 bits per heavy atom. The van der Waals surface area contributed by atoms with Crippen molar-refractivity contribution in [3.63, 3.8) is 0 Å². The van der Waals surface area contributed by atoms with Crippen LogP contribution in [0.4, 0.5) is 5.69 Å². The summed E-state index contributed by atoms with van der Waals surface area (Å²) in [5.74, 6) is -3.06. The van der Waals surface area contributed by atoms with Crippen LogP contribution in [-0.2, 0) is 19.1 Å². The molecule has 1 atom stereocenters. The Bertz CT molecular complexity index is 1040. The van der Waals surface area contributed by atoms with Gasteiger partial charge in [0, 0.05) is 17.1 Å². The average Bonchev–Trinajstić information content (AvgIpc) is 3.08. The topological polar surface area (TPSA) is 105 Å². The van der Waals surface area contributed by atoms with E-state index in [-0.39, 0.29) is 23.6 Å². The molecule has 10 heteroatoms. The van der Waals surface area contributed by atoms with Crippen molar-refractivity contribution in [2.75, 3.05) is 18.5 Å². The van der Waals surface area contributed by atoms with Gasteiger partial charge in [0.15, 0.2) is 6.61 Å². The lowest BCUT2D eigenvalue weighted by atomic mass is 10.1. The van der Waals surface area contributed by atoms with Crippen molar-refractivity contribution in [2.24, 2.45) is 5.92 Å². The van der Waals surface area contributed by atoms with Gasteiger partial charge in [0.05, 0.1) is 23.0 Å². The molecule has 0 bridgehead atoms. The smallest absolute Gasteiger partial charge is 0.311 e. The summed E-state index contributed by atoms with van der Waals surface area (Å²) < 4.78 is 5.04. The maximum absolute atomic E-state index is 12.4. The van der Waals surface area contributed by atoms with Crippen molar-refractivity contribution >= 4 is 52.6 Å². The number of halogens is 2. The summed E-state index contributed by atoms with van der Waals surface area (Å²) in [7, 11) is 0. The van der Waals surface area contributed by atoms with Crippen LogP contribution >= 0.6 is 23.2 Å². The highest BCUT2D eigenvalue weighted by molar-refractivity contribution is 6.36. The van der Waals surface area contributed by atoms with Gasteiger partial charge in [-0.2, -0.15) is 0 Å². The van der Waals surface area contributed by atoms with E-state index in [9.17, 15) is 19.2 Å². The van der Waals surface area contributed by atoms with E-state index < -0.39 is 36.2 Å². The van der Waals surface area contributed by atoms with Crippen LogP contribution in [0.5, 0.6) is 0 Å². The molecule has 0 unspecified atom stereocenters. The van der Waals surface area contributed by atoms with Gasteiger partial charge in [0.1, 0.15) is 0 Å². The number of carbonyl (C=O) groups excluding carboxylic acids is 4. The largest absolute Gasteiger partial charge is 0.455 e. The van der Waals surface area contributed by atoms with Crippen LogP contribution in [0.25, 0.3) is 0 Å². The van der Waals surface area contributed by atoms with E-state index in [4.69, 9.17) is 27.9 Å². The molecule has 162 valence electrons. The number of anilines is 1. The molecular weight excluding hydrogens is 445 g/mol. The van der Waals surface area contributed by atoms with Gasteiger partial charge >= 0.3 is 5.97 Å². The summed E-state index contributed by atoms with van der Waals surface area (Å²) in [4.78, 5) is 48.9. The molecule has 1 aliphatic heterocycles. The van der Waals surface area contributed by atoms with Gasteiger partial charge < -0.3 is 10.1 Å². The van der Waals surface area contributed by atoms with Crippen molar-refractivity contribution < 1.29 is 23.9 Å². The first kappa shape index (κ1) is 22.6. The highest BCUT2D eigenvalue weighted by atomic mass is 35.5. The number of nitrogens with zero attached hydrogens (tertiary/aromatic N) is 1. The van der Waals surface area contributed by atoms with E-state index in [2.05, 4.69) is 10.7 Å². The van der Waals surface area contributed by atoms with E-state index in [0.29, 0.717) is 10.7 Å². The van der Waals surface area contributed by atoms with Crippen molar-refractivity contribution in [1.29, 1.82) is 0 Å². The second-order valence-corrected chi connectivity index (χ2v) is 7.78. The zero-order valence-corrected chi connectivity index (χ0v) is 18.0. The normalized spacial score (nSPS) is 15.5. The first-order valence-corrected chi connectivity index (χ1v) is 10.1. The van der Waals surface area contributed by atoms with Crippen molar-refractivity contribution in [2.45, 2.75) is 13.3 Å². The van der Waals surface area contributed by atoms with Crippen LogP contribution in [0.3, 0.4) is 0 Å². The van der Waals surface area contributed by atoms with Crippen LogP contribution in [0.15, 0.2) is 42.5 Å². The highest BCUT2D eigenvalue weighted by Crippen LogP contribution is 2.22. The molecule has 0 spiro atoms. The third kappa shape index (κ3) is 5.74. The summed E-state index contributed by atoms with van der Waals surface area (Å²) in [6, 6.07) is 11.5. The molecule has 31 heavy (non-hydrogen) atoms. The monoisotopic (exact) mass is 463 g/mol. The lowest BCUT2D eigenvalue weighted by Gasteiger charge is -2.18. The van der Waals surface area contributed by atoms with E-state index in [1.54, 1.807) is 12.1 Å². The molecule has 2 aromatic rings. The first-order valence-electron chi connectivity index (χ1n) is 9.33. The molecule has 8 nitrogen and oxygen atoms in total. The Morgan fingerprint density at radius 2 is 1.90 bits per heavy atom. The molecule has 3 amide bonds. The number of benzene rings is 2. The number of esters is 1. The Labute approximate surface area is 188 Å². The third-order valence-electron chi connectivity index (χ3n) is 4.64. The molecule has 1 fully saturated rings. The molecule has 0 aromatic heterocycles. The number of hydrogen-bond acceptors (Lipinski definition) is 5. The minimum atomic E-state index is -0.806. The maximum Gasteiger partial charge on any atom is 0.311 e. The number of hydrazine groups is 1. The molecule has 1 aliphatic rings. The first-order chi connectivity index (χ1) is 14.7. The van der Waals surface area contributed by atoms with Gasteiger partial charge in [-0.15, -0.1) is 0 Å². The quantitative estimate of drug-likeness (QED) is 0.640. The number of carbonyl (C=O) groups is 4. The van der Waals surface area contributed by atoms with Crippen LogP contribution in [0.1, 0.15) is 22.3 Å². The molecular formula is C21H19Cl2N3O5. The lowest BCUT2D eigenvalue weighted by Crippen LogP contribution is -2.43. The summed E-state index contributed by atoms with van der Waals surface area (Å²) >= 11 is 11.8. The minimum absolute atomic E-state index is 0.0754. The number of rotatable bonds is 6. The number of nitrogens with one attached hydrogen (secondary N) is 2. The summed E-state index contributed by atoms with van der Waals surface area (Å²) in [5, 5.41) is 4.19. The molecule has 1 saturated heterocycles. The van der Waals surface area contributed by atoms with Crippen molar-refractivity contribution in [3.8, 4) is 0 Å². The fraction of sp³-hybridized carbons (Fsp3) is 0.238. The molecule has 0 aliphatic carbocycles. The van der Waals surface area contributed by atoms with E-state index in [0.717, 1.165) is 10.6 Å². The zero-order valence-electron chi connectivity index (χ0n) is 16.5. The van der Waals surface area contributed by atoms with Gasteiger partial charge in [-0.1, -0.05) is 41.4 Å². The predicted molar refractivity (Wildman–Crippen MR) is 115 cm³/mol. The Hall–Kier alpha value is -3.10. The third-order valence-corrected chi connectivity index (χ3v) is 5.18. The van der Waals surface area contributed by atoms with Gasteiger partial charge in [-0.25, -0.2) is 0 Å². The van der Waals surface area contributed by atoms with Crippen molar-refractivity contribution in [3.05, 3.63) is 63.6 Å². The molecule has 0 radical (unpaired) electrons. The average molecular weight is 464 g/mol. The minimum Gasteiger partial charge on any atom is -0.455 e. The Morgan fingerprint density at radius 3 is 2.61 bits per heavy atom. The lowest BCUT2D eigenvalue weighted by molar-refractivity contribution is -0.151. The zero-order chi connectivity index (χ0) is 22.5. The van der Waals surface area contributed by atoms with E-state index in [1.165, 1.54) is 18.2 Å². The predicted octanol–water partition coefficient (Wildman–Crippen LogP) is 2.98. The number of aryl methyl sites for hydroxylation is 1. The number of para-hydroxylation sites is 1. The highest BCUT2D eigenvalue weighted by Gasteiger charge is 2.37. The number of amides is 3. The number of hydrogen-bond donors (Lipinski definition) is 2. The van der Waals surface area contributed by atoms with Gasteiger partial charge in [0.25, 0.3) is 11.8 Å². The van der Waals surface area contributed by atoms with Crippen molar-refractivity contribution in [1.82, 2.24) is 10.4 Å². The molecule has 2 aromatic carbocycles. The molecule has 0 saturated carbocycles. The standard InChI is InChI=1S/C21H19Cl2N3O5/c1-12-4-2-3-5-17(12)24-18(27)11-31-21(30)13-8-19(28)26(10-13)25-20(29)15-7-6-14(22)9-16(15)23/h2-7,9,13H,8,10-11H2,1H3,(H,24,27)(H,25,29)/t13-/m1/s1. The summed E-state index contributed by atoms with van der Waals surface area (Å²) in [6.07, 6.45) is -0.146. The molecule has 1 heterocycles.